The van der Waals surface area contributed by atoms with Crippen molar-refractivity contribution >= 4 is 29.2 Å². The van der Waals surface area contributed by atoms with Crippen LogP contribution in [0.15, 0.2) is 47.5 Å². The smallest absolute Gasteiger partial charge is 0.303 e. The van der Waals surface area contributed by atoms with Crippen molar-refractivity contribution in [3.05, 3.63) is 58.1 Å². The number of rotatable bonds is 6. The molecular formula is C22H23N3O5. The second kappa shape index (κ2) is 7.12. The van der Waals surface area contributed by atoms with Gasteiger partial charge in [0.15, 0.2) is 0 Å². The monoisotopic (exact) mass is 409 g/mol. The van der Waals surface area contributed by atoms with Crippen LogP contribution < -0.4 is 9.64 Å². The molecule has 0 amide bonds. The molecule has 0 saturated carbocycles. The fraction of sp³-hybridized carbons (Fsp3) is 0.364. The van der Waals surface area contributed by atoms with Crippen molar-refractivity contribution in [1.29, 1.82) is 0 Å². The summed E-state index contributed by atoms with van der Waals surface area (Å²) in [7, 11) is 0. The third-order valence-electron chi connectivity index (χ3n) is 5.98. The van der Waals surface area contributed by atoms with E-state index in [1.807, 2.05) is 18.2 Å². The number of benzene rings is 2. The number of carboxylic acids is 1. The molecule has 2 aliphatic heterocycles. The Morgan fingerprint density at radius 2 is 2.00 bits per heavy atom. The number of aliphatic carboxylic acids is 1. The van der Waals surface area contributed by atoms with Gasteiger partial charge in [0.05, 0.1) is 16.6 Å². The molecular weight excluding hydrogens is 386 g/mol. The molecule has 4 rings (SSSR count). The Morgan fingerprint density at radius 3 is 2.73 bits per heavy atom. The number of nitrogens with zero attached hydrogens (tertiary/aromatic N) is 3. The predicted molar refractivity (Wildman–Crippen MR) is 113 cm³/mol. The fourth-order valence-corrected chi connectivity index (χ4v) is 4.35. The first-order chi connectivity index (χ1) is 14.3. The van der Waals surface area contributed by atoms with Gasteiger partial charge < -0.3 is 14.7 Å². The molecule has 2 heterocycles. The molecule has 1 atom stereocenters. The summed E-state index contributed by atoms with van der Waals surface area (Å²) in [6.45, 7) is 4.78. The van der Waals surface area contributed by atoms with Gasteiger partial charge in [0.2, 0.25) is 5.72 Å². The zero-order valence-corrected chi connectivity index (χ0v) is 16.9. The van der Waals surface area contributed by atoms with Crippen molar-refractivity contribution in [3.8, 4) is 5.75 Å². The normalized spacial score (nSPS) is 20.5. The maximum atomic E-state index is 11.1. The van der Waals surface area contributed by atoms with Crippen LogP contribution in [0.25, 0.3) is 0 Å². The molecule has 8 nitrogen and oxygen atoms in total. The number of aliphatic imine (C=N–C) groups is 1. The SMILES string of the molecule is CC1(C)c2ccccc2N(CCCCC(=O)O)C12C=Nc1cc([N+](=O)[O-])ccc1O2. The van der Waals surface area contributed by atoms with Gasteiger partial charge in [-0.1, -0.05) is 18.2 Å². The van der Waals surface area contributed by atoms with E-state index in [2.05, 4.69) is 29.8 Å². The zero-order valence-electron chi connectivity index (χ0n) is 16.9. The molecule has 8 heteroatoms. The summed E-state index contributed by atoms with van der Waals surface area (Å²) in [5.74, 6) is -0.322. The summed E-state index contributed by atoms with van der Waals surface area (Å²) in [4.78, 5) is 28.2. The lowest BCUT2D eigenvalue weighted by atomic mass is 9.77. The van der Waals surface area contributed by atoms with Gasteiger partial charge in [0.25, 0.3) is 5.69 Å². The van der Waals surface area contributed by atoms with Gasteiger partial charge in [-0.05, 0) is 44.4 Å². The quantitative estimate of drug-likeness (QED) is 0.430. The average Bonchev–Trinajstić information content (AvgIpc) is 2.89. The summed E-state index contributed by atoms with van der Waals surface area (Å²) in [5, 5.41) is 20.0. The third kappa shape index (κ3) is 2.99. The van der Waals surface area contributed by atoms with Gasteiger partial charge in [-0.3, -0.25) is 19.9 Å². The molecule has 0 saturated heterocycles. The second-order valence-electron chi connectivity index (χ2n) is 8.11. The van der Waals surface area contributed by atoms with E-state index in [-0.39, 0.29) is 12.1 Å². The Hall–Kier alpha value is -3.42. The maximum Gasteiger partial charge on any atom is 0.303 e. The van der Waals surface area contributed by atoms with Crippen LogP contribution in [-0.2, 0) is 10.2 Å². The third-order valence-corrected chi connectivity index (χ3v) is 5.98. The number of nitro groups is 1. The highest BCUT2D eigenvalue weighted by Gasteiger charge is 2.59. The number of para-hydroxylation sites is 1. The Bertz CT molecular complexity index is 1050. The van der Waals surface area contributed by atoms with Crippen LogP contribution in [0.4, 0.5) is 17.1 Å². The minimum absolute atomic E-state index is 0.0371. The van der Waals surface area contributed by atoms with Crippen LogP contribution in [-0.4, -0.2) is 34.5 Å². The minimum atomic E-state index is -0.914. The number of carbonyl (C=O) groups is 1. The van der Waals surface area contributed by atoms with Crippen LogP contribution in [0, 0.1) is 10.1 Å². The lowest BCUT2D eigenvalue weighted by Gasteiger charge is -2.46. The van der Waals surface area contributed by atoms with Crippen molar-refractivity contribution in [2.45, 2.75) is 44.2 Å². The summed E-state index contributed by atoms with van der Waals surface area (Å²) in [6, 6.07) is 12.5. The molecule has 0 bridgehead atoms. The summed E-state index contributed by atoms with van der Waals surface area (Å²) >= 11 is 0. The topological polar surface area (TPSA) is 105 Å². The van der Waals surface area contributed by atoms with Crippen molar-refractivity contribution < 1.29 is 19.6 Å². The number of anilines is 1. The van der Waals surface area contributed by atoms with Crippen LogP contribution >= 0.6 is 0 Å². The molecule has 30 heavy (non-hydrogen) atoms. The molecule has 0 fully saturated rings. The number of unbranched alkanes of at least 4 members (excludes halogenated alkanes) is 1. The molecule has 1 N–H and O–H groups in total. The maximum absolute atomic E-state index is 11.1. The van der Waals surface area contributed by atoms with E-state index in [1.165, 1.54) is 12.1 Å². The Labute approximate surface area is 174 Å². The number of carboxylic acid groups (broad SMARTS) is 1. The number of hydrogen-bond donors (Lipinski definition) is 1. The highest BCUT2D eigenvalue weighted by Crippen LogP contribution is 2.54. The molecule has 2 aromatic carbocycles. The van der Waals surface area contributed by atoms with E-state index in [4.69, 9.17) is 9.84 Å². The molecule has 0 aromatic heterocycles. The lowest BCUT2D eigenvalue weighted by molar-refractivity contribution is -0.384. The lowest BCUT2D eigenvalue weighted by Crippen LogP contribution is -2.62. The van der Waals surface area contributed by atoms with E-state index in [0.717, 1.165) is 11.3 Å². The second-order valence-corrected chi connectivity index (χ2v) is 8.11. The fourth-order valence-electron chi connectivity index (χ4n) is 4.35. The molecule has 1 spiro atoms. The highest BCUT2D eigenvalue weighted by molar-refractivity contribution is 5.88. The molecule has 2 aliphatic rings. The standard InChI is InChI=1S/C22H23N3O5/c1-21(2)16-7-3-4-8-18(16)24(12-6-5-9-20(26)27)22(21)14-23-17-13-15(25(28)29)10-11-19(17)30-22/h3-4,7-8,10-11,13-14H,5-6,9,12H2,1-2H3,(H,26,27). The van der Waals surface area contributed by atoms with Crippen LogP contribution in [0.2, 0.25) is 0 Å². The van der Waals surface area contributed by atoms with Crippen molar-refractivity contribution in [3.63, 3.8) is 0 Å². The molecule has 156 valence electrons. The van der Waals surface area contributed by atoms with Crippen molar-refractivity contribution in [1.82, 2.24) is 0 Å². The van der Waals surface area contributed by atoms with Gasteiger partial charge in [-0.15, -0.1) is 0 Å². The van der Waals surface area contributed by atoms with Gasteiger partial charge in [0, 0.05) is 30.8 Å². The predicted octanol–water partition coefficient (Wildman–Crippen LogP) is 4.44. The van der Waals surface area contributed by atoms with Crippen LogP contribution in [0.5, 0.6) is 5.75 Å². The van der Waals surface area contributed by atoms with Crippen LogP contribution in [0.3, 0.4) is 0 Å². The van der Waals surface area contributed by atoms with Crippen molar-refractivity contribution in [2.75, 3.05) is 11.4 Å². The summed E-state index contributed by atoms with van der Waals surface area (Å²) in [6.07, 6.45) is 3.09. The number of ether oxygens (including phenoxy) is 1. The summed E-state index contributed by atoms with van der Waals surface area (Å²) < 4.78 is 6.54. The highest BCUT2D eigenvalue weighted by atomic mass is 16.6. The van der Waals surface area contributed by atoms with E-state index in [9.17, 15) is 14.9 Å². The first kappa shape index (κ1) is 19.9. The van der Waals surface area contributed by atoms with Gasteiger partial charge in [0.1, 0.15) is 11.4 Å². The Balaban J connectivity index is 1.73. The zero-order chi connectivity index (χ0) is 21.5. The van der Waals surface area contributed by atoms with Gasteiger partial charge >= 0.3 is 5.97 Å². The van der Waals surface area contributed by atoms with E-state index in [0.29, 0.717) is 30.8 Å². The Morgan fingerprint density at radius 1 is 1.23 bits per heavy atom. The average molecular weight is 409 g/mol. The largest absolute Gasteiger partial charge is 0.481 e. The van der Waals surface area contributed by atoms with Gasteiger partial charge in [-0.2, -0.15) is 0 Å². The molecule has 2 aromatic rings. The van der Waals surface area contributed by atoms with Crippen molar-refractivity contribution in [2.24, 2.45) is 4.99 Å². The van der Waals surface area contributed by atoms with Gasteiger partial charge in [-0.25, -0.2) is 0 Å². The number of hydrogen-bond acceptors (Lipinski definition) is 6. The summed E-state index contributed by atoms with van der Waals surface area (Å²) in [5.41, 5.74) is 1.15. The molecule has 1 unspecified atom stereocenters. The Kier molecular flexibility index (Phi) is 4.72. The molecule has 0 aliphatic carbocycles. The van der Waals surface area contributed by atoms with E-state index >= 15 is 0 Å². The van der Waals surface area contributed by atoms with E-state index < -0.39 is 22.0 Å². The van der Waals surface area contributed by atoms with E-state index in [1.54, 1.807) is 12.3 Å². The number of nitro benzene ring substituents is 1. The first-order valence-electron chi connectivity index (χ1n) is 9.88. The minimum Gasteiger partial charge on any atom is -0.481 e. The number of non-ortho nitro benzene ring substituents is 1. The van der Waals surface area contributed by atoms with Crippen LogP contribution in [0.1, 0.15) is 38.7 Å². The number of fused-ring (bicyclic) bond motifs is 2. The first-order valence-corrected chi connectivity index (χ1v) is 9.88. The molecule has 0 radical (unpaired) electrons.